The number of hydrogen-bond donors (Lipinski definition) is 1. The van der Waals surface area contributed by atoms with E-state index in [1.54, 1.807) is 6.07 Å². The molecule has 0 radical (unpaired) electrons. The number of carbonyl (C=O) groups excluding carboxylic acids is 2. The fourth-order valence-corrected chi connectivity index (χ4v) is 4.53. The molecule has 0 atom stereocenters. The van der Waals surface area contributed by atoms with Gasteiger partial charge >= 0.3 is 0 Å². The van der Waals surface area contributed by atoms with Crippen LogP contribution in [0.2, 0.25) is 0 Å². The molecule has 0 unspecified atom stereocenters. The summed E-state index contributed by atoms with van der Waals surface area (Å²) in [5, 5.41) is 3.00. The van der Waals surface area contributed by atoms with Gasteiger partial charge in [0.1, 0.15) is 17.2 Å². The van der Waals surface area contributed by atoms with Crippen LogP contribution in [0.1, 0.15) is 62.8 Å². The minimum atomic E-state index is -0.858. The van der Waals surface area contributed by atoms with Crippen LogP contribution in [0.5, 0.6) is 0 Å². The van der Waals surface area contributed by atoms with Gasteiger partial charge in [-0.05, 0) is 62.4 Å². The van der Waals surface area contributed by atoms with E-state index in [-0.39, 0.29) is 11.8 Å². The molecule has 1 fully saturated rings. The van der Waals surface area contributed by atoms with E-state index in [4.69, 9.17) is 0 Å². The van der Waals surface area contributed by atoms with Gasteiger partial charge in [-0.25, -0.2) is 8.78 Å². The highest BCUT2D eigenvalue weighted by molar-refractivity contribution is 5.96. The van der Waals surface area contributed by atoms with Crippen molar-refractivity contribution in [3.63, 3.8) is 0 Å². The second kappa shape index (κ2) is 11.2. The Bertz CT molecular complexity index is 1170. The van der Waals surface area contributed by atoms with Gasteiger partial charge in [0.2, 0.25) is 0 Å². The fourth-order valence-electron chi connectivity index (χ4n) is 4.53. The molecule has 0 bridgehead atoms. The Hall–Kier alpha value is -3.61. The Morgan fingerprint density at radius 1 is 0.971 bits per heavy atom. The third-order valence-electron chi connectivity index (χ3n) is 6.42. The van der Waals surface area contributed by atoms with E-state index < -0.39 is 23.1 Å². The van der Waals surface area contributed by atoms with Crippen molar-refractivity contribution in [2.24, 2.45) is 0 Å². The molecule has 1 N–H and O–H groups in total. The van der Waals surface area contributed by atoms with Gasteiger partial charge in [-0.15, -0.1) is 0 Å². The standard InChI is InChI=1S/C28H29F2N3O2/c1-19-12-13-22(27(34)31-16-6-9-20-7-3-2-4-8-20)26(32-19)21-14-17-33(18-15-21)28(35)25-23(29)10-5-11-24(25)30/h2-5,7-8,10-13,21H,6,9,14-18H2,1H3,(H,31,34). The number of nitrogens with zero attached hydrogens (tertiary/aromatic N) is 2. The largest absolute Gasteiger partial charge is 0.352 e. The monoisotopic (exact) mass is 477 g/mol. The van der Waals surface area contributed by atoms with Crippen molar-refractivity contribution in [3.8, 4) is 0 Å². The number of amides is 2. The zero-order valence-corrected chi connectivity index (χ0v) is 19.8. The highest BCUT2D eigenvalue weighted by atomic mass is 19.1. The summed E-state index contributed by atoms with van der Waals surface area (Å²) in [6, 6.07) is 17.2. The lowest BCUT2D eigenvalue weighted by molar-refractivity contribution is 0.0700. The zero-order chi connectivity index (χ0) is 24.8. The number of nitrogens with one attached hydrogen (secondary N) is 1. The Balaban J connectivity index is 1.38. The van der Waals surface area contributed by atoms with Crippen LogP contribution in [-0.2, 0) is 6.42 Å². The number of carbonyl (C=O) groups is 2. The molecule has 1 saturated heterocycles. The Morgan fingerprint density at radius 2 is 1.66 bits per heavy atom. The summed E-state index contributed by atoms with van der Waals surface area (Å²) in [5.41, 5.74) is 2.79. The quantitative estimate of drug-likeness (QED) is 0.485. The summed E-state index contributed by atoms with van der Waals surface area (Å²) < 4.78 is 28.1. The number of aromatic nitrogens is 1. The zero-order valence-electron chi connectivity index (χ0n) is 19.8. The maximum Gasteiger partial charge on any atom is 0.259 e. The molecule has 4 rings (SSSR count). The number of rotatable bonds is 7. The first-order valence-electron chi connectivity index (χ1n) is 12.0. The minimum Gasteiger partial charge on any atom is -0.352 e. The van der Waals surface area contributed by atoms with Crippen molar-refractivity contribution in [1.82, 2.24) is 15.2 Å². The van der Waals surface area contributed by atoms with Gasteiger partial charge in [0.25, 0.3) is 11.8 Å². The van der Waals surface area contributed by atoms with Gasteiger partial charge in [0.15, 0.2) is 0 Å². The average Bonchev–Trinajstić information content (AvgIpc) is 2.87. The summed E-state index contributed by atoms with van der Waals surface area (Å²) in [6.07, 6.45) is 2.84. The molecule has 35 heavy (non-hydrogen) atoms. The number of likely N-dealkylation sites (tertiary alicyclic amines) is 1. The summed E-state index contributed by atoms with van der Waals surface area (Å²) >= 11 is 0. The van der Waals surface area contributed by atoms with Crippen LogP contribution in [0.25, 0.3) is 0 Å². The summed E-state index contributed by atoms with van der Waals surface area (Å²) in [7, 11) is 0. The maximum atomic E-state index is 14.1. The number of benzene rings is 2. The van der Waals surface area contributed by atoms with Crippen LogP contribution >= 0.6 is 0 Å². The number of piperidine rings is 1. The van der Waals surface area contributed by atoms with Crippen LogP contribution in [-0.4, -0.2) is 41.3 Å². The van der Waals surface area contributed by atoms with Crippen molar-refractivity contribution in [1.29, 1.82) is 0 Å². The van der Waals surface area contributed by atoms with Gasteiger partial charge in [0.05, 0.1) is 11.3 Å². The average molecular weight is 478 g/mol. The van der Waals surface area contributed by atoms with E-state index in [1.807, 2.05) is 31.2 Å². The SMILES string of the molecule is Cc1ccc(C(=O)NCCCc2ccccc2)c(C2CCN(C(=O)c3c(F)cccc3F)CC2)n1. The predicted octanol–water partition coefficient (Wildman–Crippen LogP) is 5.05. The lowest BCUT2D eigenvalue weighted by atomic mass is 9.89. The molecule has 1 aliphatic rings. The van der Waals surface area contributed by atoms with Gasteiger partial charge in [0, 0.05) is 31.2 Å². The first-order chi connectivity index (χ1) is 16.9. The van der Waals surface area contributed by atoms with E-state index in [0.29, 0.717) is 38.0 Å². The van der Waals surface area contributed by atoms with Crippen LogP contribution in [0.15, 0.2) is 60.7 Å². The third kappa shape index (κ3) is 5.91. The molecular formula is C28H29F2N3O2. The molecule has 7 heteroatoms. The number of hydrogen-bond acceptors (Lipinski definition) is 3. The first kappa shape index (κ1) is 24.5. The minimum absolute atomic E-state index is 0.0190. The normalized spacial score (nSPS) is 14.1. The van der Waals surface area contributed by atoms with E-state index in [2.05, 4.69) is 22.4 Å². The Kier molecular flexibility index (Phi) is 7.85. The van der Waals surface area contributed by atoms with E-state index in [0.717, 1.165) is 36.4 Å². The van der Waals surface area contributed by atoms with Crippen LogP contribution in [0, 0.1) is 18.6 Å². The molecule has 1 aromatic heterocycles. The molecule has 0 spiro atoms. The van der Waals surface area contributed by atoms with Crippen LogP contribution in [0.4, 0.5) is 8.78 Å². The highest BCUT2D eigenvalue weighted by Gasteiger charge is 2.30. The lowest BCUT2D eigenvalue weighted by Gasteiger charge is -2.32. The molecule has 2 aromatic carbocycles. The predicted molar refractivity (Wildman–Crippen MR) is 130 cm³/mol. The van der Waals surface area contributed by atoms with Crippen molar-refractivity contribution in [2.75, 3.05) is 19.6 Å². The summed E-state index contributed by atoms with van der Waals surface area (Å²) in [5.74, 6) is -2.54. The van der Waals surface area contributed by atoms with Gasteiger partial charge in [-0.3, -0.25) is 14.6 Å². The van der Waals surface area contributed by atoms with Crippen molar-refractivity contribution in [3.05, 3.63) is 100 Å². The molecule has 0 saturated carbocycles. The van der Waals surface area contributed by atoms with Crippen LogP contribution in [0.3, 0.4) is 0 Å². The lowest BCUT2D eigenvalue weighted by Crippen LogP contribution is -2.39. The smallest absolute Gasteiger partial charge is 0.259 e. The second-order valence-electron chi connectivity index (χ2n) is 8.89. The second-order valence-corrected chi connectivity index (χ2v) is 8.89. The van der Waals surface area contributed by atoms with Crippen molar-refractivity contribution < 1.29 is 18.4 Å². The molecule has 1 aliphatic heterocycles. The number of pyridine rings is 1. The van der Waals surface area contributed by atoms with E-state index in [9.17, 15) is 18.4 Å². The molecular weight excluding hydrogens is 448 g/mol. The molecule has 2 amide bonds. The topological polar surface area (TPSA) is 62.3 Å². The van der Waals surface area contributed by atoms with E-state index >= 15 is 0 Å². The molecule has 2 heterocycles. The van der Waals surface area contributed by atoms with Gasteiger partial charge in [-0.1, -0.05) is 36.4 Å². The highest BCUT2D eigenvalue weighted by Crippen LogP contribution is 2.30. The number of halogens is 2. The molecule has 0 aliphatic carbocycles. The number of aryl methyl sites for hydroxylation is 2. The van der Waals surface area contributed by atoms with Crippen molar-refractivity contribution >= 4 is 11.8 Å². The Labute approximate surface area is 204 Å². The molecule has 182 valence electrons. The Morgan fingerprint density at radius 3 is 2.34 bits per heavy atom. The molecule has 3 aromatic rings. The summed E-state index contributed by atoms with van der Waals surface area (Å²) in [4.78, 5) is 31.8. The fraction of sp³-hybridized carbons (Fsp3) is 0.321. The third-order valence-corrected chi connectivity index (χ3v) is 6.42. The summed E-state index contributed by atoms with van der Waals surface area (Å²) in [6.45, 7) is 3.11. The van der Waals surface area contributed by atoms with Crippen LogP contribution < -0.4 is 5.32 Å². The van der Waals surface area contributed by atoms with Crippen molar-refractivity contribution in [2.45, 2.75) is 38.5 Å². The van der Waals surface area contributed by atoms with E-state index in [1.165, 1.54) is 16.5 Å². The molecule has 5 nitrogen and oxygen atoms in total. The maximum absolute atomic E-state index is 14.1. The van der Waals surface area contributed by atoms with Gasteiger partial charge in [-0.2, -0.15) is 0 Å². The first-order valence-corrected chi connectivity index (χ1v) is 12.0. The van der Waals surface area contributed by atoms with Gasteiger partial charge < -0.3 is 10.2 Å².